The summed E-state index contributed by atoms with van der Waals surface area (Å²) in [5.74, 6) is 0.624. The van der Waals surface area contributed by atoms with Crippen LogP contribution in [0.3, 0.4) is 0 Å². The van der Waals surface area contributed by atoms with Crippen LogP contribution >= 0.6 is 11.6 Å². The molecule has 1 aromatic carbocycles. The lowest BCUT2D eigenvalue weighted by Gasteiger charge is -2.07. The summed E-state index contributed by atoms with van der Waals surface area (Å²) >= 11 is 5.94. The molecule has 2 heterocycles. The minimum absolute atomic E-state index is 0.562. The molecule has 0 saturated carbocycles. The van der Waals surface area contributed by atoms with E-state index in [9.17, 15) is 0 Å². The van der Waals surface area contributed by atoms with Crippen molar-refractivity contribution in [3.63, 3.8) is 0 Å². The summed E-state index contributed by atoms with van der Waals surface area (Å²) in [6, 6.07) is 5.22. The van der Waals surface area contributed by atoms with Crippen LogP contribution in [0.1, 0.15) is 0 Å². The first-order valence-corrected chi connectivity index (χ1v) is 5.57. The first kappa shape index (κ1) is 10.8. The highest BCUT2D eigenvalue weighted by atomic mass is 35.5. The van der Waals surface area contributed by atoms with Gasteiger partial charge in [0.1, 0.15) is 11.8 Å². The summed E-state index contributed by atoms with van der Waals surface area (Å²) in [6.07, 6.45) is 3.01. The van der Waals surface area contributed by atoms with E-state index in [0.29, 0.717) is 22.2 Å². The molecule has 2 aromatic heterocycles. The first-order valence-electron chi connectivity index (χ1n) is 5.19. The van der Waals surface area contributed by atoms with Crippen LogP contribution in [0.2, 0.25) is 5.02 Å². The van der Waals surface area contributed by atoms with E-state index in [1.54, 1.807) is 24.5 Å². The number of benzene rings is 1. The number of aromatic nitrogens is 4. The van der Waals surface area contributed by atoms with Crippen molar-refractivity contribution in [3.05, 3.63) is 35.9 Å². The second-order valence-electron chi connectivity index (χ2n) is 3.72. The molecule has 0 unspecified atom stereocenters. The fourth-order valence-electron chi connectivity index (χ4n) is 1.68. The smallest absolute Gasteiger partial charge is 0.182 e. The average Bonchev–Trinajstić information content (AvgIpc) is 2.76. The molecule has 0 saturated heterocycles. The van der Waals surface area contributed by atoms with Gasteiger partial charge in [-0.2, -0.15) is 0 Å². The van der Waals surface area contributed by atoms with E-state index in [1.165, 1.54) is 6.33 Å². The number of anilines is 3. The SMILES string of the molecule is Nc1cc(Cl)cc(Nc2ncnc3nc[nH]c23)c1. The number of hydrogen-bond acceptors (Lipinski definition) is 5. The lowest BCUT2D eigenvalue weighted by molar-refractivity contribution is 1.20. The number of fused-ring (bicyclic) bond motifs is 1. The van der Waals surface area contributed by atoms with Crippen molar-refractivity contribution in [2.24, 2.45) is 0 Å². The van der Waals surface area contributed by atoms with Crippen LogP contribution in [0.4, 0.5) is 17.2 Å². The molecule has 3 aromatic rings. The fourth-order valence-corrected chi connectivity index (χ4v) is 1.92. The fraction of sp³-hybridized carbons (Fsp3) is 0. The number of imidazole rings is 1. The third-order valence-electron chi connectivity index (χ3n) is 2.41. The van der Waals surface area contributed by atoms with Gasteiger partial charge in [-0.15, -0.1) is 0 Å². The predicted molar refractivity (Wildman–Crippen MR) is 70.8 cm³/mol. The average molecular weight is 261 g/mol. The Morgan fingerprint density at radius 2 is 2.06 bits per heavy atom. The zero-order valence-corrected chi connectivity index (χ0v) is 9.94. The molecule has 4 N–H and O–H groups in total. The Kier molecular flexibility index (Phi) is 2.49. The third kappa shape index (κ3) is 1.93. The number of rotatable bonds is 2. The molecular formula is C11H9ClN6. The van der Waals surface area contributed by atoms with Gasteiger partial charge in [-0.25, -0.2) is 15.0 Å². The zero-order chi connectivity index (χ0) is 12.5. The lowest BCUT2D eigenvalue weighted by Crippen LogP contribution is -1.97. The summed E-state index contributed by atoms with van der Waals surface area (Å²) in [7, 11) is 0. The van der Waals surface area contributed by atoms with Gasteiger partial charge in [-0.1, -0.05) is 11.6 Å². The van der Waals surface area contributed by atoms with Crippen molar-refractivity contribution in [1.82, 2.24) is 19.9 Å². The number of nitrogens with two attached hydrogens (primary N) is 1. The van der Waals surface area contributed by atoms with E-state index < -0.39 is 0 Å². The molecule has 3 rings (SSSR count). The number of nitrogen functional groups attached to an aromatic ring is 1. The van der Waals surface area contributed by atoms with Crippen molar-refractivity contribution in [1.29, 1.82) is 0 Å². The van der Waals surface area contributed by atoms with Crippen LogP contribution < -0.4 is 11.1 Å². The minimum atomic E-state index is 0.562. The van der Waals surface area contributed by atoms with Crippen molar-refractivity contribution >= 4 is 40.0 Å². The standard InChI is InChI=1S/C11H9ClN6/c12-6-1-7(13)3-8(2-6)18-11-9-10(15-4-14-9)16-5-17-11/h1-5H,13H2,(H2,14,15,16,17,18). The monoisotopic (exact) mass is 260 g/mol. The summed E-state index contributed by atoms with van der Waals surface area (Å²) < 4.78 is 0. The van der Waals surface area contributed by atoms with Gasteiger partial charge in [0.25, 0.3) is 0 Å². The van der Waals surface area contributed by atoms with Gasteiger partial charge in [-0.3, -0.25) is 0 Å². The van der Waals surface area contributed by atoms with E-state index >= 15 is 0 Å². The Hall–Kier alpha value is -2.34. The molecule has 0 atom stereocenters. The van der Waals surface area contributed by atoms with Crippen molar-refractivity contribution in [2.45, 2.75) is 0 Å². The summed E-state index contributed by atoms with van der Waals surface area (Å²) in [5, 5.41) is 3.69. The van der Waals surface area contributed by atoms with E-state index in [2.05, 4.69) is 25.3 Å². The van der Waals surface area contributed by atoms with Crippen molar-refractivity contribution in [2.75, 3.05) is 11.1 Å². The van der Waals surface area contributed by atoms with Crippen molar-refractivity contribution < 1.29 is 0 Å². The molecule has 0 aliphatic carbocycles. The molecule has 0 amide bonds. The Morgan fingerprint density at radius 3 is 2.89 bits per heavy atom. The summed E-state index contributed by atoms with van der Waals surface area (Å²) in [5.41, 5.74) is 8.40. The van der Waals surface area contributed by atoms with E-state index in [-0.39, 0.29) is 0 Å². The topological polar surface area (TPSA) is 92.5 Å². The summed E-state index contributed by atoms with van der Waals surface area (Å²) in [6.45, 7) is 0. The Balaban J connectivity index is 2.03. The highest BCUT2D eigenvalue weighted by Crippen LogP contribution is 2.25. The van der Waals surface area contributed by atoms with Crippen LogP contribution in [0.15, 0.2) is 30.9 Å². The molecule has 0 radical (unpaired) electrons. The Labute approximate surface area is 107 Å². The number of nitrogens with zero attached hydrogens (tertiary/aromatic N) is 3. The van der Waals surface area contributed by atoms with Crippen LogP contribution in [0.5, 0.6) is 0 Å². The predicted octanol–water partition coefficient (Wildman–Crippen LogP) is 2.33. The molecule has 90 valence electrons. The van der Waals surface area contributed by atoms with Crippen molar-refractivity contribution in [3.8, 4) is 0 Å². The first-order chi connectivity index (χ1) is 8.72. The van der Waals surface area contributed by atoms with E-state index in [4.69, 9.17) is 17.3 Å². The number of halogens is 1. The third-order valence-corrected chi connectivity index (χ3v) is 2.62. The van der Waals surface area contributed by atoms with Gasteiger partial charge in [0.2, 0.25) is 0 Å². The maximum atomic E-state index is 5.94. The molecule has 6 nitrogen and oxygen atoms in total. The zero-order valence-electron chi connectivity index (χ0n) is 9.18. The van der Waals surface area contributed by atoms with E-state index in [0.717, 1.165) is 11.2 Å². The van der Waals surface area contributed by atoms with Crippen LogP contribution in [0.25, 0.3) is 11.2 Å². The molecule has 0 spiro atoms. The molecule has 0 bridgehead atoms. The minimum Gasteiger partial charge on any atom is -0.399 e. The molecule has 0 aliphatic rings. The second-order valence-corrected chi connectivity index (χ2v) is 4.16. The quantitative estimate of drug-likeness (QED) is 0.615. The molecular weight excluding hydrogens is 252 g/mol. The second kappa shape index (κ2) is 4.15. The number of H-pyrrole nitrogens is 1. The highest BCUT2D eigenvalue weighted by molar-refractivity contribution is 6.31. The van der Waals surface area contributed by atoms with Gasteiger partial charge in [0, 0.05) is 16.4 Å². The van der Waals surface area contributed by atoms with Crippen LogP contribution in [-0.2, 0) is 0 Å². The van der Waals surface area contributed by atoms with Gasteiger partial charge in [0.05, 0.1) is 6.33 Å². The number of nitrogens with one attached hydrogen (secondary N) is 2. The van der Waals surface area contributed by atoms with Gasteiger partial charge in [0.15, 0.2) is 11.5 Å². The molecule has 0 aliphatic heterocycles. The van der Waals surface area contributed by atoms with Crippen LogP contribution in [-0.4, -0.2) is 19.9 Å². The lowest BCUT2D eigenvalue weighted by atomic mass is 10.3. The molecule has 18 heavy (non-hydrogen) atoms. The summed E-state index contributed by atoms with van der Waals surface area (Å²) in [4.78, 5) is 15.2. The van der Waals surface area contributed by atoms with Gasteiger partial charge < -0.3 is 16.0 Å². The largest absolute Gasteiger partial charge is 0.399 e. The van der Waals surface area contributed by atoms with E-state index in [1.807, 2.05) is 0 Å². The molecule has 0 fully saturated rings. The maximum absolute atomic E-state index is 5.94. The van der Waals surface area contributed by atoms with Gasteiger partial charge in [-0.05, 0) is 18.2 Å². The van der Waals surface area contributed by atoms with Crippen LogP contribution in [0, 0.1) is 0 Å². The number of hydrogen-bond donors (Lipinski definition) is 3. The highest BCUT2D eigenvalue weighted by Gasteiger charge is 2.06. The molecule has 7 heteroatoms. The number of aromatic amines is 1. The Morgan fingerprint density at radius 1 is 1.17 bits per heavy atom. The Bertz CT molecular complexity index is 687. The maximum Gasteiger partial charge on any atom is 0.182 e. The normalized spacial score (nSPS) is 10.7. The van der Waals surface area contributed by atoms with Gasteiger partial charge >= 0.3 is 0 Å².